The minimum Gasteiger partial charge on any atom is -0.389 e. The van der Waals surface area contributed by atoms with E-state index in [2.05, 4.69) is 48.5 Å². The molecule has 2 nitrogen and oxygen atoms in total. The predicted octanol–water partition coefficient (Wildman–Crippen LogP) is 3.97. The third kappa shape index (κ3) is 2.81. The van der Waals surface area contributed by atoms with Gasteiger partial charge in [-0.2, -0.15) is 0 Å². The highest BCUT2D eigenvalue weighted by Gasteiger charge is 2.43. The largest absolute Gasteiger partial charge is 0.389 e. The molecule has 2 bridgehead atoms. The third-order valence-corrected chi connectivity index (χ3v) is 5.01. The molecule has 2 unspecified atom stereocenters. The maximum atomic E-state index is 10.9. The van der Waals surface area contributed by atoms with E-state index in [0.29, 0.717) is 0 Å². The van der Waals surface area contributed by atoms with Gasteiger partial charge in [-0.3, -0.25) is 0 Å². The summed E-state index contributed by atoms with van der Waals surface area (Å²) < 4.78 is 5.85. The summed E-state index contributed by atoms with van der Waals surface area (Å²) in [7, 11) is 0. The van der Waals surface area contributed by atoms with E-state index in [1.54, 1.807) is 0 Å². The van der Waals surface area contributed by atoms with Crippen LogP contribution in [0.1, 0.15) is 31.2 Å². The zero-order chi connectivity index (χ0) is 15.0. The molecular formula is C20H22O2. The van der Waals surface area contributed by atoms with Crippen LogP contribution in [0.2, 0.25) is 0 Å². The highest BCUT2D eigenvalue weighted by molar-refractivity contribution is 5.63. The summed E-state index contributed by atoms with van der Waals surface area (Å²) in [6.45, 7) is 0. The van der Waals surface area contributed by atoms with Crippen LogP contribution in [0.3, 0.4) is 0 Å². The Morgan fingerprint density at radius 3 is 2.09 bits per heavy atom. The van der Waals surface area contributed by atoms with Crippen LogP contribution in [0, 0.1) is 0 Å². The molecule has 0 aromatic heterocycles. The van der Waals surface area contributed by atoms with Gasteiger partial charge in [0.05, 0.1) is 17.8 Å². The summed E-state index contributed by atoms with van der Waals surface area (Å²) >= 11 is 0. The lowest BCUT2D eigenvalue weighted by molar-refractivity contribution is -0.110. The Morgan fingerprint density at radius 1 is 0.864 bits per heavy atom. The van der Waals surface area contributed by atoms with Crippen LogP contribution in [0.4, 0.5) is 0 Å². The minimum atomic E-state index is -0.585. The van der Waals surface area contributed by atoms with E-state index in [-0.39, 0.29) is 12.2 Å². The normalized spacial score (nSPS) is 30.4. The van der Waals surface area contributed by atoms with Gasteiger partial charge in [0.1, 0.15) is 0 Å². The van der Waals surface area contributed by atoms with Gasteiger partial charge in [-0.15, -0.1) is 0 Å². The van der Waals surface area contributed by atoms with Gasteiger partial charge < -0.3 is 9.84 Å². The molecule has 0 aliphatic carbocycles. The van der Waals surface area contributed by atoms with Crippen LogP contribution in [0.15, 0.2) is 54.6 Å². The Morgan fingerprint density at radius 2 is 1.45 bits per heavy atom. The maximum Gasteiger partial charge on any atom is 0.0737 e. The molecule has 2 saturated heterocycles. The Labute approximate surface area is 131 Å². The number of aliphatic hydroxyl groups is 1. The average molecular weight is 294 g/mol. The average Bonchev–Trinajstić information content (AvgIpc) is 2.88. The fourth-order valence-electron chi connectivity index (χ4n) is 3.98. The fraction of sp³-hybridized carbons (Fsp3) is 0.400. The number of ether oxygens (including phenoxy) is 1. The number of hydrogen-bond acceptors (Lipinski definition) is 2. The summed E-state index contributed by atoms with van der Waals surface area (Å²) in [4.78, 5) is 0. The number of fused-ring (bicyclic) bond motifs is 2. The van der Waals surface area contributed by atoms with Crippen molar-refractivity contribution in [3.8, 4) is 11.1 Å². The van der Waals surface area contributed by atoms with Crippen LogP contribution < -0.4 is 0 Å². The van der Waals surface area contributed by atoms with Gasteiger partial charge >= 0.3 is 0 Å². The first-order valence-electron chi connectivity index (χ1n) is 8.22. The van der Waals surface area contributed by atoms with Gasteiger partial charge in [-0.05, 0) is 29.5 Å². The van der Waals surface area contributed by atoms with Crippen molar-refractivity contribution >= 4 is 0 Å². The molecule has 0 spiro atoms. The second kappa shape index (κ2) is 5.53. The summed E-state index contributed by atoms with van der Waals surface area (Å²) in [5.41, 5.74) is 3.09. The van der Waals surface area contributed by atoms with Crippen LogP contribution in [-0.2, 0) is 11.2 Å². The smallest absolute Gasteiger partial charge is 0.0737 e. The zero-order valence-corrected chi connectivity index (χ0v) is 12.7. The van der Waals surface area contributed by atoms with Gasteiger partial charge in [-0.1, -0.05) is 54.6 Å². The second-order valence-corrected chi connectivity index (χ2v) is 6.83. The minimum absolute atomic E-state index is 0.271. The number of rotatable bonds is 3. The van der Waals surface area contributed by atoms with Crippen molar-refractivity contribution in [1.82, 2.24) is 0 Å². The van der Waals surface area contributed by atoms with Gasteiger partial charge in [0.25, 0.3) is 0 Å². The molecule has 0 amide bonds. The molecule has 4 rings (SSSR count). The number of hydrogen-bond donors (Lipinski definition) is 1. The summed E-state index contributed by atoms with van der Waals surface area (Å²) in [5.74, 6) is 0. The van der Waals surface area contributed by atoms with E-state index >= 15 is 0 Å². The van der Waals surface area contributed by atoms with Gasteiger partial charge in [0.15, 0.2) is 0 Å². The van der Waals surface area contributed by atoms with Gasteiger partial charge in [0.2, 0.25) is 0 Å². The Bertz CT molecular complexity index is 621. The molecule has 2 heterocycles. The summed E-state index contributed by atoms with van der Waals surface area (Å²) in [6, 6.07) is 19.0. The number of benzene rings is 2. The van der Waals surface area contributed by atoms with Gasteiger partial charge in [0, 0.05) is 19.3 Å². The molecule has 0 saturated carbocycles. The Hall–Kier alpha value is -1.64. The molecule has 2 aliphatic rings. The lowest BCUT2D eigenvalue weighted by Crippen LogP contribution is -2.42. The van der Waals surface area contributed by atoms with Crippen molar-refractivity contribution in [1.29, 1.82) is 0 Å². The topological polar surface area (TPSA) is 29.5 Å². The van der Waals surface area contributed by atoms with Gasteiger partial charge in [-0.25, -0.2) is 0 Å². The van der Waals surface area contributed by atoms with Crippen molar-refractivity contribution < 1.29 is 9.84 Å². The van der Waals surface area contributed by atoms with E-state index in [0.717, 1.165) is 32.1 Å². The fourth-order valence-corrected chi connectivity index (χ4v) is 3.98. The first-order chi connectivity index (χ1) is 10.7. The predicted molar refractivity (Wildman–Crippen MR) is 87.7 cm³/mol. The highest BCUT2D eigenvalue weighted by Crippen LogP contribution is 2.40. The van der Waals surface area contributed by atoms with Crippen LogP contribution >= 0.6 is 0 Å². The van der Waals surface area contributed by atoms with Crippen LogP contribution in [0.25, 0.3) is 11.1 Å². The first kappa shape index (κ1) is 14.0. The Kier molecular flexibility index (Phi) is 3.51. The van der Waals surface area contributed by atoms with Crippen LogP contribution in [0.5, 0.6) is 0 Å². The second-order valence-electron chi connectivity index (χ2n) is 6.83. The zero-order valence-electron chi connectivity index (χ0n) is 12.7. The van der Waals surface area contributed by atoms with Crippen molar-refractivity contribution in [2.24, 2.45) is 0 Å². The highest BCUT2D eigenvalue weighted by atomic mass is 16.5. The summed E-state index contributed by atoms with van der Waals surface area (Å²) in [5, 5.41) is 10.9. The molecule has 2 fully saturated rings. The molecule has 2 heteroatoms. The molecule has 2 aromatic rings. The van der Waals surface area contributed by atoms with E-state index < -0.39 is 5.60 Å². The molecule has 1 N–H and O–H groups in total. The monoisotopic (exact) mass is 294 g/mol. The van der Waals surface area contributed by atoms with Crippen molar-refractivity contribution in [3.05, 3.63) is 60.2 Å². The van der Waals surface area contributed by atoms with E-state index in [9.17, 15) is 5.11 Å². The quantitative estimate of drug-likeness (QED) is 0.928. The lowest BCUT2D eigenvalue weighted by atomic mass is 9.84. The van der Waals surface area contributed by atoms with Crippen LogP contribution in [-0.4, -0.2) is 22.9 Å². The molecule has 2 atom stereocenters. The van der Waals surface area contributed by atoms with E-state index in [1.807, 2.05) is 6.07 Å². The standard InChI is InChI=1S/C20H22O2/c21-20(13-18-10-11-19(14-20)22-18)12-15-6-8-17(9-7-15)16-4-2-1-3-5-16/h1-9,18-19,21H,10-14H2. The van der Waals surface area contributed by atoms with E-state index in [1.165, 1.54) is 16.7 Å². The van der Waals surface area contributed by atoms with E-state index in [4.69, 9.17) is 4.74 Å². The SMILES string of the molecule is OC1(Cc2ccc(-c3ccccc3)cc2)CC2CCC(C1)O2. The lowest BCUT2D eigenvalue weighted by Gasteiger charge is -2.36. The summed E-state index contributed by atoms with van der Waals surface area (Å²) in [6.07, 6.45) is 5.06. The molecule has 2 aliphatic heterocycles. The first-order valence-corrected chi connectivity index (χ1v) is 8.22. The molecule has 0 radical (unpaired) electrons. The molecule has 2 aromatic carbocycles. The molecule has 114 valence electrons. The molecule has 22 heavy (non-hydrogen) atoms. The van der Waals surface area contributed by atoms with Crippen molar-refractivity contribution in [2.75, 3.05) is 0 Å². The van der Waals surface area contributed by atoms with Crippen molar-refractivity contribution in [3.63, 3.8) is 0 Å². The Balaban J connectivity index is 1.49. The molecular weight excluding hydrogens is 272 g/mol. The third-order valence-electron chi connectivity index (χ3n) is 5.01. The van der Waals surface area contributed by atoms with Crippen molar-refractivity contribution in [2.45, 2.75) is 49.9 Å². The maximum absolute atomic E-state index is 10.9.